The third-order valence-electron chi connectivity index (χ3n) is 1.75. The van der Waals surface area contributed by atoms with Gasteiger partial charge in [0.05, 0.1) is 0 Å². The fourth-order valence-corrected chi connectivity index (χ4v) is 0.955. The molecule has 0 spiro atoms. The number of hydrogen-bond donors (Lipinski definition) is 1. The van der Waals surface area contributed by atoms with Gasteiger partial charge in [-0.05, 0) is 19.8 Å². The number of allylic oxidation sites excluding steroid dienone is 1. The largest absolute Gasteiger partial charge is 0.366 e. The highest BCUT2D eigenvalue weighted by Crippen LogP contribution is 2.11. The maximum atomic E-state index is 10.6. The highest BCUT2D eigenvalue weighted by atomic mass is 16.1. The molecule has 0 aromatic heterocycles. The average molecular weight is 141 g/mol. The van der Waals surface area contributed by atoms with E-state index in [-0.39, 0.29) is 5.91 Å². The number of amides is 1. The van der Waals surface area contributed by atoms with Crippen LogP contribution in [0, 0.1) is 0 Å². The number of hydrogen-bond acceptors (Lipinski definition) is 1. The van der Waals surface area contributed by atoms with Gasteiger partial charge >= 0.3 is 0 Å². The van der Waals surface area contributed by atoms with Crippen LogP contribution in [-0.4, -0.2) is 5.91 Å². The van der Waals surface area contributed by atoms with E-state index in [1.807, 2.05) is 13.8 Å². The minimum Gasteiger partial charge on any atom is -0.366 e. The molecule has 1 amide bonds. The summed E-state index contributed by atoms with van der Waals surface area (Å²) in [5.74, 6) is -0.293. The second kappa shape index (κ2) is 4.09. The van der Waals surface area contributed by atoms with Gasteiger partial charge in [-0.25, -0.2) is 0 Å². The third-order valence-corrected chi connectivity index (χ3v) is 1.75. The summed E-state index contributed by atoms with van der Waals surface area (Å²) in [6.07, 6.45) is 1.84. The summed E-state index contributed by atoms with van der Waals surface area (Å²) in [4.78, 5) is 10.6. The zero-order valence-corrected chi connectivity index (χ0v) is 6.90. The molecule has 2 heteroatoms. The minimum atomic E-state index is -0.293. The number of primary amides is 1. The lowest BCUT2D eigenvalue weighted by atomic mass is 10.0. The molecule has 0 rings (SSSR count). The van der Waals surface area contributed by atoms with Crippen LogP contribution in [0.25, 0.3) is 0 Å². The number of carbonyl (C=O) groups excluding carboxylic acids is 1. The Balaban J connectivity index is 4.43. The van der Waals surface area contributed by atoms with E-state index in [1.165, 1.54) is 0 Å². The molecule has 0 unspecified atom stereocenters. The van der Waals surface area contributed by atoms with Crippen LogP contribution in [0.3, 0.4) is 0 Å². The van der Waals surface area contributed by atoms with Gasteiger partial charge in [-0.1, -0.05) is 19.4 Å². The molecule has 0 aliphatic heterocycles. The van der Waals surface area contributed by atoms with Gasteiger partial charge in [0.15, 0.2) is 0 Å². The van der Waals surface area contributed by atoms with E-state index < -0.39 is 0 Å². The highest BCUT2D eigenvalue weighted by molar-refractivity contribution is 5.92. The molecule has 0 aromatic carbocycles. The first-order chi connectivity index (χ1) is 4.63. The predicted molar refractivity (Wildman–Crippen MR) is 42.5 cm³/mol. The van der Waals surface area contributed by atoms with Crippen LogP contribution in [0.5, 0.6) is 0 Å². The second-order valence-electron chi connectivity index (χ2n) is 2.30. The molecular formula is C8H15NO. The van der Waals surface area contributed by atoms with Gasteiger partial charge in [-0.3, -0.25) is 4.79 Å². The quantitative estimate of drug-likeness (QED) is 0.596. The van der Waals surface area contributed by atoms with E-state index in [9.17, 15) is 4.79 Å². The number of nitrogens with two attached hydrogens (primary N) is 1. The predicted octanol–water partition coefficient (Wildman–Crippen LogP) is 1.61. The summed E-state index contributed by atoms with van der Waals surface area (Å²) in [5.41, 5.74) is 6.98. The van der Waals surface area contributed by atoms with Crippen molar-refractivity contribution in [3.8, 4) is 0 Å². The van der Waals surface area contributed by atoms with Crippen LogP contribution >= 0.6 is 0 Å². The average Bonchev–Trinajstić information content (AvgIpc) is 1.90. The van der Waals surface area contributed by atoms with Gasteiger partial charge in [0, 0.05) is 5.57 Å². The summed E-state index contributed by atoms with van der Waals surface area (Å²) in [7, 11) is 0. The van der Waals surface area contributed by atoms with Crippen LogP contribution in [0.15, 0.2) is 11.1 Å². The molecule has 2 N–H and O–H groups in total. The standard InChI is InChI=1S/C8H15NO/c1-4-7(5-2)6(3)8(9)10/h4-5H2,1-3H3,(H2,9,10). The van der Waals surface area contributed by atoms with Crippen molar-refractivity contribution in [2.24, 2.45) is 5.73 Å². The van der Waals surface area contributed by atoms with E-state index in [4.69, 9.17) is 5.73 Å². The van der Waals surface area contributed by atoms with E-state index in [1.54, 1.807) is 6.92 Å². The molecule has 0 bridgehead atoms. The van der Waals surface area contributed by atoms with Crippen molar-refractivity contribution in [1.29, 1.82) is 0 Å². The molecule has 0 saturated carbocycles. The van der Waals surface area contributed by atoms with Crippen LogP contribution in [0.1, 0.15) is 33.6 Å². The maximum Gasteiger partial charge on any atom is 0.244 e. The van der Waals surface area contributed by atoms with Crippen molar-refractivity contribution in [2.75, 3.05) is 0 Å². The number of carbonyl (C=O) groups is 1. The SMILES string of the molecule is CCC(CC)=C(C)C(N)=O. The lowest BCUT2D eigenvalue weighted by Crippen LogP contribution is -2.13. The first-order valence-corrected chi connectivity index (χ1v) is 3.61. The molecule has 2 nitrogen and oxygen atoms in total. The Morgan fingerprint density at radius 2 is 1.70 bits per heavy atom. The summed E-state index contributed by atoms with van der Waals surface area (Å²) in [6, 6.07) is 0. The molecule has 0 saturated heterocycles. The smallest absolute Gasteiger partial charge is 0.244 e. The molecule has 0 radical (unpaired) electrons. The fraction of sp³-hybridized carbons (Fsp3) is 0.625. The Labute approximate surface area is 62.1 Å². The molecule has 10 heavy (non-hydrogen) atoms. The molecule has 0 aromatic rings. The second-order valence-corrected chi connectivity index (χ2v) is 2.30. The van der Waals surface area contributed by atoms with Crippen molar-refractivity contribution >= 4 is 5.91 Å². The zero-order chi connectivity index (χ0) is 8.15. The van der Waals surface area contributed by atoms with Gasteiger partial charge in [0.25, 0.3) is 0 Å². The Hall–Kier alpha value is -0.790. The van der Waals surface area contributed by atoms with Crippen LogP contribution < -0.4 is 5.73 Å². The highest BCUT2D eigenvalue weighted by Gasteiger charge is 2.02. The lowest BCUT2D eigenvalue weighted by molar-refractivity contribution is -0.114. The van der Waals surface area contributed by atoms with E-state index in [0.717, 1.165) is 24.0 Å². The van der Waals surface area contributed by atoms with E-state index in [2.05, 4.69) is 0 Å². The van der Waals surface area contributed by atoms with Crippen LogP contribution in [-0.2, 0) is 4.79 Å². The van der Waals surface area contributed by atoms with E-state index in [0.29, 0.717) is 0 Å². The van der Waals surface area contributed by atoms with Crippen molar-refractivity contribution in [1.82, 2.24) is 0 Å². The van der Waals surface area contributed by atoms with Gasteiger partial charge in [-0.15, -0.1) is 0 Å². The maximum absolute atomic E-state index is 10.6. The monoisotopic (exact) mass is 141 g/mol. The van der Waals surface area contributed by atoms with Crippen LogP contribution in [0.4, 0.5) is 0 Å². The topological polar surface area (TPSA) is 43.1 Å². The summed E-state index contributed by atoms with van der Waals surface area (Å²) >= 11 is 0. The first-order valence-electron chi connectivity index (χ1n) is 3.61. The van der Waals surface area contributed by atoms with Gasteiger partial charge in [-0.2, -0.15) is 0 Å². The van der Waals surface area contributed by atoms with Crippen LogP contribution in [0.2, 0.25) is 0 Å². The Kier molecular flexibility index (Phi) is 3.77. The molecule has 0 atom stereocenters. The summed E-state index contributed by atoms with van der Waals surface area (Å²) in [6.45, 7) is 5.85. The van der Waals surface area contributed by atoms with Gasteiger partial charge in [0.1, 0.15) is 0 Å². The van der Waals surface area contributed by atoms with Gasteiger partial charge in [0.2, 0.25) is 5.91 Å². The summed E-state index contributed by atoms with van der Waals surface area (Å²) < 4.78 is 0. The van der Waals surface area contributed by atoms with Gasteiger partial charge < -0.3 is 5.73 Å². The normalized spacial score (nSPS) is 9.10. The van der Waals surface area contributed by atoms with Crippen molar-refractivity contribution in [3.63, 3.8) is 0 Å². The third kappa shape index (κ3) is 2.21. The Morgan fingerprint density at radius 1 is 1.30 bits per heavy atom. The molecular weight excluding hydrogens is 126 g/mol. The zero-order valence-electron chi connectivity index (χ0n) is 6.90. The Bertz CT molecular complexity index is 153. The van der Waals surface area contributed by atoms with Crippen molar-refractivity contribution < 1.29 is 4.79 Å². The minimum absolute atomic E-state index is 0.293. The number of rotatable bonds is 3. The molecule has 0 fully saturated rings. The molecule has 0 heterocycles. The molecule has 0 aliphatic carbocycles. The Morgan fingerprint density at radius 3 is 1.80 bits per heavy atom. The lowest BCUT2D eigenvalue weighted by Gasteiger charge is -2.02. The fourth-order valence-electron chi connectivity index (χ4n) is 0.955. The summed E-state index contributed by atoms with van der Waals surface area (Å²) in [5, 5.41) is 0. The van der Waals surface area contributed by atoms with E-state index >= 15 is 0 Å². The van der Waals surface area contributed by atoms with Crippen molar-refractivity contribution in [3.05, 3.63) is 11.1 Å². The van der Waals surface area contributed by atoms with Crippen molar-refractivity contribution in [2.45, 2.75) is 33.6 Å². The first kappa shape index (κ1) is 9.21. The molecule has 0 aliphatic rings. The molecule has 58 valence electrons.